The van der Waals surface area contributed by atoms with Gasteiger partial charge in [0.15, 0.2) is 0 Å². The predicted octanol–water partition coefficient (Wildman–Crippen LogP) is 1.20. The fraction of sp³-hybridized carbons (Fsp3) is 0.538. The van der Waals surface area contributed by atoms with Crippen molar-refractivity contribution in [2.75, 3.05) is 13.1 Å². The summed E-state index contributed by atoms with van der Waals surface area (Å²) in [5.74, 6) is 5.86. The lowest BCUT2D eigenvalue weighted by Gasteiger charge is -2.46. The molecule has 0 saturated carbocycles. The van der Waals surface area contributed by atoms with Gasteiger partial charge in [0.25, 0.3) is 0 Å². The van der Waals surface area contributed by atoms with Gasteiger partial charge in [-0.1, -0.05) is 19.1 Å². The van der Waals surface area contributed by atoms with E-state index in [1.807, 2.05) is 26.0 Å². The van der Waals surface area contributed by atoms with E-state index in [2.05, 4.69) is 11.0 Å². The van der Waals surface area contributed by atoms with Crippen LogP contribution in [0.15, 0.2) is 18.2 Å². The maximum Gasteiger partial charge on any atom is 0.149 e. The molecule has 1 aromatic carbocycles. The minimum absolute atomic E-state index is 0.463. The Kier molecular flexibility index (Phi) is 3.38. The van der Waals surface area contributed by atoms with Crippen LogP contribution in [0, 0.1) is 6.92 Å². The largest absolute Gasteiger partial charge is 0.411 e. The molecular weight excluding hydrogens is 216 g/mol. The van der Waals surface area contributed by atoms with Crippen LogP contribution in [0.25, 0.3) is 0 Å². The molecule has 1 heterocycles. The van der Waals surface area contributed by atoms with Crippen LogP contribution in [0.1, 0.15) is 24.5 Å². The summed E-state index contributed by atoms with van der Waals surface area (Å²) in [4.78, 5) is 6.98. The predicted molar refractivity (Wildman–Crippen MR) is 66.5 cm³/mol. The van der Waals surface area contributed by atoms with Crippen molar-refractivity contribution >= 4 is 0 Å². The second-order valence-corrected chi connectivity index (χ2v) is 4.94. The molecule has 0 aliphatic carbocycles. The molecule has 2 rings (SSSR count). The van der Waals surface area contributed by atoms with E-state index >= 15 is 0 Å². The average Bonchev–Trinajstić information content (AvgIpc) is 2.27. The van der Waals surface area contributed by atoms with Gasteiger partial charge in [0.05, 0.1) is 5.60 Å². The first-order valence-electron chi connectivity index (χ1n) is 5.97. The van der Waals surface area contributed by atoms with Gasteiger partial charge in [-0.05, 0) is 30.5 Å². The van der Waals surface area contributed by atoms with E-state index in [4.69, 9.17) is 10.7 Å². The lowest BCUT2D eigenvalue weighted by Crippen LogP contribution is -2.60. The second-order valence-electron chi connectivity index (χ2n) is 4.94. The van der Waals surface area contributed by atoms with Gasteiger partial charge in [-0.3, -0.25) is 4.90 Å². The topological polar surface area (TPSA) is 58.7 Å². The normalized spacial score (nSPS) is 18.8. The number of likely N-dealkylation sites (tertiary alicyclic amines) is 1. The molecule has 0 spiro atoms. The second kappa shape index (κ2) is 4.64. The molecule has 3 N–H and O–H groups in total. The molecule has 0 amide bonds. The molecule has 1 saturated heterocycles. The van der Waals surface area contributed by atoms with Crippen LogP contribution in [0.5, 0.6) is 5.75 Å². The first-order valence-corrected chi connectivity index (χ1v) is 5.97. The van der Waals surface area contributed by atoms with Crippen molar-refractivity contribution in [2.45, 2.75) is 32.4 Å². The Hall–Kier alpha value is -1.10. The summed E-state index contributed by atoms with van der Waals surface area (Å²) in [6.07, 6.45) is 0.822. The summed E-state index contributed by atoms with van der Waals surface area (Å²) in [7, 11) is 0. The smallest absolute Gasteiger partial charge is 0.149 e. The summed E-state index contributed by atoms with van der Waals surface area (Å²) in [5.41, 5.74) is 1.80. The highest BCUT2D eigenvalue weighted by molar-refractivity contribution is 5.36. The van der Waals surface area contributed by atoms with Crippen LogP contribution in [-0.2, 0) is 6.54 Å². The van der Waals surface area contributed by atoms with E-state index in [0.717, 1.165) is 31.6 Å². The Bertz CT molecular complexity index is 400. The molecule has 4 heteroatoms. The molecule has 0 bridgehead atoms. The maximum absolute atomic E-state index is 9.93. The minimum atomic E-state index is -0.463. The zero-order valence-corrected chi connectivity index (χ0v) is 10.4. The summed E-state index contributed by atoms with van der Waals surface area (Å²) < 4.78 is 0. The molecule has 1 aliphatic rings. The highest BCUT2D eigenvalue weighted by atomic mass is 16.6. The number of aryl methyl sites for hydroxylation is 1. The van der Waals surface area contributed by atoms with Crippen molar-refractivity contribution in [1.29, 1.82) is 0 Å². The molecule has 4 nitrogen and oxygen atoms in total. The molecule has 0 radical (unpaired) electrons. The van der Waals surface area contributed by atoms with Gasteiger partial charge in [0, 0.05) is 19.6 Å². The van der Waals surface area contributed by atoms with Gasteiger partial charge in [0.2, 0.25) is 0 Å². The van der Waals surface area contributed by atoms with Gasteiger partial charge < -0.3 is 9.94 Å². The standard InChI is InChI=1S/C13H20N2O2/c1-3-13(16)8-15(9-13)7-11-4-5-12(17-14)10(2)6-11/h4-6,16H,3,7-9,14H2,1-2H3. The molecule has 1 fully saturated rings. The number of hydrogen-bond acceptors (Lipinski definition) is 4. The number of benzene rings is 1. The number of hydrogen-bond donors (Lipinski definition) is 2. The maximum atomic E-state index is 9.93. The lowest BCUT2D eigenvalue weighted by molar-refractivity contribution is -0.103. The van der Waals surface area contributed by atoms with Crippen LogP contribution in [0.3, 0.4) is 0 Å². The fourth-order valence-corrected chi connectivity index (χ4v) is 2.32. The number of nitrogens with zero attached hydrogens (tertiary/aromatic N) is 1. The Morgan fingerprint density at radius 2 is 2.18 bits per heavy atom. The Morgan fingerprint density at radius 1 is 1.47 bits per heavy atom. The number of β-amino-alcohol motifs (C(OH)–C–C–N with tert-alkyl or cyclic N) is 1. The van der Waals surface area contributed by atoms with Gasteiger partial charge in [-0.25, -0.2) is 0 Å². The van der Waals surface area contributed by atoms with Crippen LogP contribution >= 0.6 is 0 Å². The zero-order chi connectivity index (χ0) is 12.5. The molecule has 1 aromatic rings. The molecule has 0 unspecified atom stereocenters. The third kappa shape index (κ3) is 2.60. The molecular formula is C13H20N2O2. The van der Waals surface area contributed by atoms with Crippen molar-refractivity contribution in [3.63, 3.8) is 0 Å². The first-order chi connectivity index (χ1) is 8.06. The molecule has 1 aliphatic heterocycles. The van der Waals surface area contributed by atoms with Gasteiger partial charge in [-0.2, -0.15) is 5.90 Å². The third-order valence-electron chi connectivity index (χ3n) is 3.47. The Balaban J connectivity index is 1.95. The number of aliphatic hydroxyl groups is 1. The average molecular weight is 236 g/mol. The summed E-state index contributed by atoms with van der Waals surface area (Å²) in [5, 5.41) is 9.93. The molecule has 0 aromatic heterocycles. The monoisotopic (exact) mass is 236 g/mol. The highest BCUT2D eigenvalue weighted by Gasteiger charge is 2.38. The quantitative estimate of drug-likeness (QED) is 0.771. The van der Waals surface area contributed by atoms with Crippen molar-refractivity contribution < 1.29 is 9.94 Å². The van der Waals surface area contributed by atoms with Crippen LogP contribution in [-0.4, -0.2) is 28.7 Å². The Labute approximate surface area is 102 Å². The zero-order valence-electron chi connectivity index (χ0n) is 10.4. The number of nitrogens with two attached hydrogens (primary N) is 1. The lowest BCUT2D eigenvalue weighted by atomic mass is 9.91. The van der Waals surface area contributed by atoms with Crippen molar-refractivity contribution in [3.05, 3.63) is 29.3 Å². The summed E-state index contributed by atoms with van der Waals surface area (Å²) in [6, 6.07) is 5.97. The SMILES string of the molecule is CCC1(O)CN(Cc2ccc(ON)c(C)c2)C1. The van der Waals surface area contributed by atoms with Crippen LogP contribution in [0.4, 0.5) is 0 Å². The van der Waals surface area contributed by atoms with Gasteiger partial charge in [-0.15, -0.1) is 0 Å². The minimum Gasteiger partial charge on any atom is -0.411 e. The summed E-state index contributed by atoms with van der Waals surface area (Å²) >= 11 is 0. The van der Waals surface area contributed by atoms with Crippen LogP contribution in [0.2, 0.25) is 0 Å². The van der Waals surface area contributed by atoms with Gasteiger partial charge >= 0.3 is 0 Å². The first kappa shape index (κ1) is 12.4. The van der Waals surface area contributed by atoms with E-state index in [1.165, 1.54) is 5.56 Å². The van der Waals surface area contributed by atoms with Crippen molar-refractivity contribution in [3.8, 4) is 5.75 Å². The molecule has 94 valence electrons. The van der Waals surface area contributed by atoms with Crippen molar-refractivity contribution in [1.82, 2.24) is 4.90 Å². The highest BCUT2D eigenvalue weighted by Crippen LogP contribution is 2.26. The molecule has 17 heavy (non-hydrogen) atoms. The van der Waals surface area contributed by atoms with E-state index in [1.54, 1.807) is 0 Å². The van der Waals surface area contributed by atoms with Crippen molar-refractivity contribution in [2.24, 2.45) is 5.90 Å². The molecule has 0 atom stereocenters. The van der Waals surface area contributed by atoms with E-state index in [9.17, 15) is 5.11 Å². The van der Waals surface area contributed by atoms with E-state index in [0.29, 0.717) is 5.75 Å². The van der Waals surface area contributed by atoms with Crippen LogP contribution < -0.4 is 10.7 Å². The Morgan fingerprint density at radius 3 is 2.71 bits per heavy atom. The van der Waals surface area contributed by atoms with E-state index in [-0.39, 0.29) is 0 Å². The van der Waals surface area contributed by atoms with E-state index < -0.39 is 5.60 Å². The third-order valence-corrected chi connectivity index (χ3v) is 3.47. The summed E-state index contributed by atoms with van der Waals surface area (Å²) in [6.45, 7) is 6.39. The fourth-order valence-electron chi connectivity index (χ4n) is 2.32. The van der Waals surface area contributed by atoms with Gasteiger partial charge in [0.1, 0.15) is 5.75 Å². The number of rotatable bonds is 4.